The molecule has 0 radical (unpaired) electrons. The lowest BCUT2D eigenvalue weighted by Gasteiger charge is -2.26. The molecule has 9 heteroatoms. The van der Waals surface area contributed by atoms with Gasteiger partial charge in [0.05, 0.1) is 24.7 Å². The second-order valence-corrected chi connectivity index (χ2v) is 4.67. The summed E-state index contributed by atoms with van der Waals surface area (Å²) in [5.74, 6) is -1.70. The number of nitrogens with zero attached hydrogens (tertiary/aromatic N) is 1. The van der Waals surface area contributed by atoms with Gasteiger partial charge in [-0.2, -0.15) is 0 Å². The highest BCUT2D eigenvalue weighted by atomic mass is 32.1. The molecule has 0 atom stereocenters. The van der Waals surface area contributed by atoms with Gasteiger partial charge < -0.3 is 26.0 Å². The molecule has 112 valence electrons. The van der Waals surface area contributed by atoms with Crippen molar-refractivity contribution >= 4 is 34.9 Å². The van der Waals surface area contributed by atoms with E-state index in [2.05, 4.69) is 22.9 Å². The Labute approximate surface area is 122 Å². The molecule has 1 heterocycles. The summed E-state index contributed by atoms with van der Waals surface area (Å²) in [6.45, 7) is 2.24. The Morgan fingerprint density at radius 1 is 1.15 bits per heavy atom. The highest BCUT2D eigenvalue weighted by Crippen LogP contribution is 1.99. The molecule has 0 bridgehead atoms. The zero-order valence-electron chi connectivity index (χ0n) is 11.0. The van der Waals surface area contributed by atoms with Crippen molar-refractivity contribution in [3.8, 4) is 0 Å². The Morgan fingerprint density at radius 2 is 1.75 bits per heavy atom. The lowest BCUT2D eigenvalue weighted by Crippen LogP contribution is -2.45. The number of thiocarbonyl (C=S) groups is 1. The third-order valence-corrected chi connectivity index (χ3v) is 2.76. The molecule has 4 N–H and O–H groups in total. The fourth-order valence-electron chi connectivity index (χ4n) is 1.58. The second-order valence-electron chi connectivity index (χ2n) is 4.15. The maximum atomic E-state index is 11.7. The Kier molecular flexibility index (Phi) is 6.88. The largest absolute Gasteiger partial charge is 0.392 e. The molecule has 20 heavy (non-hydrogen) atoms. The SMILES string of the molecule is NC(=S)CNC(=O)C(=O)NCCC(=O)N1CCOCC1. The third kappa shape index (κ3) is 5.93. The van der Waals surface area contributed by atoms with Crippen LogP contribution in [0.1, 0.15) is 6.42 Å². The van der Waals surface area contributed by atoms with Gasteiger partial charge in [-0.25, -0.2) is 0 Å². The van der Waals surface area contributed by atoms with Crippen LogP contribution in [0.2, 0.25) is 0 Å². The Bertz CT molecular complexity index is 396. The van der Waals surface area contributed by atoms with Gasteiger partial charge in [-0.1, -0.05) is 12.2 Å². The van der Waals surface area contributed by atoms with Crippen molar-refractivity contribution in [1.82, 2.24) is 15.5 Å². The van der Waals surface area contributed by atoms with E-state index in [1.807, 2.05) is 0 Å². The van der Waals surface area contributed by atoms with E-state index in [4.69, 9.17) is 10.5 Å². The molecule has 0 aromatic heterocycles. The quantitative estimate of drug-likeness (QED) is 0.391. The molecule has 8 nitrogen and oxygen atoms in total. The summed E-state index contributed by atoms with van der Waals surface area (Å²) in [4.78, 5) is 36.1. The van der Waals surface area contributed by atoms with E-state index in [-0.39, 0.29) is 30.4 Å². The molecule has 1 aliphatic rings. The van der Waals surface area contributed by atoms with Crippen LogP contribution >= 0.6 is 12.2 Å². The molecule has 1 saturated heterocycles. The van der Waals surface area contributed by atoms with Crippen molar-refractivity contribution in [3.05, 3.63) is 0 Å². The maximum Gasteiger partial charge on any atom is 0.309 e. The number of nitrogens with two attached hydrogens (primary N) is 1. The van der Waals surface area contributed by atoms with Gasteiger partial charge in [-0.3, -0.25) is 14.4 Å². The first kappa shape index (κ1) is 16.3. The highest BCUT2D eigenvalue weighted by molar-refractivity contribution is 7.80. The molecule has 0 spiro atoms. The standard InChI is InChI=1S/C11H18N4O4S/c12-8(20)7-14-11(18)10(17)13-2-1-9(16)15-3-5-19-6-4-15/h1-7H2,(H2,12,20)(H,13,17)(H,14,18). The van der Waals surface area contributed by atoms with Gasteiger partial charge in [-0.05, 0) is 0 Å². The molecule has 3 amide bonds. The molecular formula is C11H18N4O4S. The summed E-state index contributed by atoms with van der Waals surface area (Å²) >= 11 is 4.57. The van der Waals surface area contributed by atoms with E-state index in [9.17, 15) is 14.4 Å². The minimum absolute atomic E-state index is 0.0334. The van der Waals surface area contributed by atoms with Gasteiger partial charge in [0, 0.05) is 26.1 Å². The van der Waals surface area contributed by atoms with Gasteiger partial charge in [0.1, 0.15) is 0 Å². The fourth-order valence-corrected chi connectivity index (χ4v) is 1.65. The maximum absolute atomic E-state index is 11.7. The number of morpholine rings is 1. The number of amides is 3. The van der Waals surface area contributed by atoms with Gasteiger partial charge in [0.25, 0.3) is 0 Å². The van der Waals surface area contributed by atoms with Crippen LogP contribution in [0.15, 0.2) is 0 Å². The van der Waals surface area contributed by atoms with Crippen molar-refractivity contribution in [1.29, 1.82) is 0 Å². The minimum atomic E-state index is -0.823. The smallest absolute Gasteiger partial charge is 0.309 e. The van der Waals surface area contributed by atoms with Crippen molar-refractivity contribution in [2.45, 2.75) is 6.42 Å². The van der Waals surface area contributed by atoms with Crippen molar-refractivity contribution in [2.75, 3.05) is 39.4 Å². The van der Waals surface area contributed by atoms with E-state index in [1.54, 1.807) is 4.90 Å². The molecule has 0 aliphatic carbocycles. The van der Waals surface area contributed by atoms with Gasteiger partial charge >= 0.3 is 11.8 Å². The summed E-state index contributed by atoms with van der Waals surface area (Å²) in [5.41, 5.74) is 5.19. The molecule has 0 aromatic carbocycles. The van der Waals surface area contributed by atoms with Crippen LogP contribution in [0, 0.1) is 0 Å². The van der Waals surface area contributed by atoms with Crippen LogP contribution in [0.5, 0.6) is 0 Å². The number of carbonyl (C=O) groups is 3. The Morgan fingerprint density at radius 3 is 2.35 bits per heavy atom. The number of ether oxygens (including phenoxy) is 1. The first-order valence-corrected chi connectivity index (χ1v) is 6.61. The topological polar surface area (TPSA) is 114 Å². The number of nitrogens with one attached hydrogen (secondary N) is 2. The molecule has 0 unspecified atom stereocenters. The summed E-state index contributed by atoms with van der Waals surface area (Å²) in [6.07, 6.45) is 0.147. The second kappa shape index (κ2) is 8.43. The number of hydrogen-bond donors (Lipinski definition) is 3. The van der Waals surface area contributed by atoms with Gasteiger partial charge in [0.2, 0.25) is 5.91 Å². The van der Waals surface area contributed by atoms with E-state index >= 15 is 0 Å². The van der Waals surface area contributed by atoms with E-state index in [0.717, 1.165) is 0 Å². The summed E-state index contributed by atoms with van der Waals surface area (Å²) in [7, 11) is 0. The average Bonchev–Trinajstić information content (AvgIpc) is 2.45. The molecule has 1 rings (SSSR count). The van der Waals surface area contributed by atoms with Crippen LogP contribution in [-0.2, 0) is 19.1 Å². The van der Waals surface area contributed by atoms with Crippen LogP contribution in [0.4, 0.5) is 0 Å². The van der Waals surface area contributed by atoms with E-state index in [1.165, 1.54) is 0 Å². The molecule has 1 fully saturated rings. The summed E-state index contributed by atoms with van der Waals surface area (Å²) in [6, 6.07) is 0. The fraction of sp³-hybridized carbons (Fsp3) is 0.636. The molecule has 0 saturated carbocycles. The highest BCUT2D eigenvalue weighted by Gasteiger charge is 2.17. The molecule has 1 aliphatic heterocycles. The Balaban J connectivity index is 2.19. The monoisotopic (exact) mass is 302 g/mol. The molecule has 0 aromatic rings. The van der Waals surface area contributed by atoms with Gasteiger partial charge in [-0.15, -0.1) is 0 Å². The third-order valence-electron chi connectivity index (χ3n) is 2.62. The minimum Gasteiger partial charge on any atom is -0.392 e. The Hall–Kier alpha value is -1.74. The normalized spacial score (nSPS) is 14.5. The predicted molar refractivity (Wildman–Crippen MR) is 74.8 cm³/mol. The average molecular weight is 302 g/mol. The zero-order valence-corrected chi connectivity index (χ0v) is 11.8. The number of hydrogen-bond acceptors (Lipinski definition) is 5. The van der Waals surface area contributed by atoms with Crippen LogP contribution in [0.25, 0.3) is 0 Å². The van der Waals surface area contributed by atoms with Crippen LogP contribution in [-0.4, -0.2) is 67.0 Å². The van der Waals surface area contributed by atoms with Crippen molar-refractivity contribution < 1.29 is 19.1 Å². The van der Waals surface area contributed by atoms with Crippen LogP contribution < -0.4 is 16.4 Å². The summed E-state index contributed by atoms with van der Waals surface area (Å²) in [5, 5.41) is 4.62. The van der Waals surface area contributed by atoms with Crippen molar-refractivity contribution in [3.63, 3.8) is 0 Å². The van der Waals surface area contributed by atoms with Crippen LogP contribution in [0.3, 0.4) is 0 Å². The molecular weight excluding hydrogens is 284 g/mol. The zero-order chi connectivity index (χ0) is 15.0. The van der Waals surface area contributed by atoms with E-state index < -0.39 is 11.8 Å². The number of carbonyl (C=O) groups excluding carboxylic acids is 3. The summed E-state index contributed by atoms with van der Waals surface area (Å²) < 4.78 is 5.13. The lowest BCUT2D eigenvalue weighted by atomic mass is 10.3. The first-order valence-electron chi connectivity index (χ1n) is 6.20. The van der Waals surface area contributed by atoms with Crippen molar-refractivity contribution in [2.24, 2.45) is 5.73 Å². The van der Waals surface area contributed by atoms with Gasteiger partial charge in [0.15, 0.2) is 0 Å². The predicted octanol–water partition coefficient (Wildman–Crippen LogP) is -2.25. The van der Waals surface area contributed by atoms with E-state index in [0.29, 0.717) is 26.3 Å². The number of rotatable bonds is 5. The first-order chi connectivity index (χ1) is 9.50. The lowest BCUT2D eigenvalue weighted by molar-refractivity contribution is -0.139.